The topological polar surface area (TPSA) is 41.6 Å². The third-order valence-electron chi connectivity index (χ3n) is 4.40. The van der Waals surface area contributed by atoms with Crippen molar-refractivity contribution in [2.45, 2.75) is 44.8 Å². The highest BCUT2D eigenvalue weighted by Gasteiger charge is 2.32. The number of para-hydroxylation sites is 1. The maximum atomic E-state index is 12.8. The van der Waals surface area contributed by atoms with Crippen LogP contribution in [0.4, 0.5) is 5.69 Å². The minimum absolute atomic E-state index is 0.136. The summed E-state index contributed by atoms with van der Waals surface area (Å²) in [5.41, 5.74) is 2.30. The minimum Gasteiger partial charge on any atom is -0.368 e. The summed E-state index contributed by atoms with van der Waals surface area (Å²) in [7, 11) is 0. The van der Waals surface area contributed by atoms with Gasteiger partial charge in [0.25, 0.3) is 5.91 Å². The Morgan fingerprint density at radius 1 is 1.33 bits per heavy atom. The zero-order chi connectivity index (χ0) is 14.7. The summed E-state index contributed by atoms with van der Waals surface area (Å²) in [6.07, 6.45) is 3.69. The summed E-state index contributed by atoms with van der Waals surface area (Å²) in [6, 6.07) is 8.63. The van der Waals surface area contributed by atoms with Crippen molar-refractivity contribution >= 4 is 11.6 Å². The van der Waals surface area contributed by atoms with Crippen LogP contribution in [0.3, 0.4) is 0 Å². The van der Waals surface area contributed by atoms with Crippen LogP contribution in [-0.2, 0) is 9.53 Å². The molecule has 1 saturated heterocycles. The molecule has 0 aromatic heterocycles. The summed E-state index contributed by atoms with van der Waals surface area (Å²) in [4.78, 5) is 14.7. The van der Waals surface area contributed by atoms with Gasteiger partial charge < -0.3 is 15.0 Å². The van der Waals surface area contributed by atoms with Crippen molar-refractivity contribution in [2.24, 2.45) is 0 Å². The molecule has 0 bridgehead atoms. The van der Waals surface area contributed by atoms with Crippen molar-refractivity contribution in [1.29, 1.82) is 0 Å². The van der Waals surface area contributed by atoms with E-state index in [1.165, 1.54) is 5.56 Å². The van der Waals surface area contributed by atoms with Crippen LogP contribution in [-0.4, -0.2) is 31.7 Å². The van der Waals surface area contributed by atoms with E-state index in [0.29, 0.717) is 12.6 Å². The number of ether oxygens (including phenoxy) is 1. The molecular formula is C17H24N2O2. The fourth-order valence-electron chi connectivity index (χ4n) is 3.39. The van der Waals surface area contributed by atoms with Crippen molar-refractivity contribution in [2.75, 3.05) is 24.6 Å². The van der Waals surface area contributed by atoms with Crippen LogP contribution in [0.25, 0.3) is 0 Å². The molecule has 0 saturated carbocycles. The van der Waals surface area contributed by atoms with Crippen LogP contribution in [0.5, 0.6) is 0 Å². The largest absolute Gasteiger partial charge is 0.368 e. The molecule has 1 amide bonds. The average molecular weight is 288 g/mol. The first-order chi connectivity index (χ1) is 10.3. The third-order valence-corrected chi connectivity index (χ3v) is 4.40. The molecule has 2 unspecified atom stereocenters. The number of nitrogens with zero attached hydrogens (tertiary/aromatic N) is 1. The molecule has 1 aromatic rings. The van der Waals surface area contributed by atoms with Crippen molar-refractivity contribution in [3.05, 3.63) is 29.8 Å². The number of amides is 1. The zero-order valence-electron chi connectivity index (χ0n) is 12.7. The maximum absolute atomic E-state index is 12.8. The molecule has 4 heteroatoms. The standard InChI is InChI=1S/C17H24N2O2/c1-2-18-14-8-5-11-19(15-9-4-3-7-13(14)15)17(20)16-10-6-12-21-16/h3-4,7,9,14,16,18H,2,5-6,8,10-12H2,1H3. The Kier molecular flexibility index (Phi) is 4.56. The van der Waals surface area contributed by atoms with Gasteiger partial charge in [0.1, 0.15) is 6.10 Å². The molecule has 1 aromatic carbocycles. The summed E-state index contributed by atoms with van der Waals surface area (Å²) < 4.78 is 5.59. The molecule has 3 rings (SSSR count). The molecule has 1 fully saturated rings. The first kappa shape index (κ1) is 14.5. The highest BCUT2D eigenvalue weighted by molar-refractivity contribution is 5.97. The second-order valence-electron chi connectivity index (χ2n) is 5.80. The minimum atomic E-state index is -0.242. The van der Waals surface area contributed by atoms with Gasteiger partial charge in [-0.25, -0.2) is 0 Å². The molecule has 0 radical (unpaired) electrons. The number of carbonyl (C=O) groups is 1. The van der Waals surface area contributed by atoms with Gasteiger partial charge in [0, 0.05) is 24.9 Å². The average Bonchev–Trinajstić information content (AvgIpc) is 2.98. The Labute approximate surface area is 126 Å². The molecule has 4 nitrogen and oxygen atoms in total. The summed E-state index contributed by atoms with van der Waals surface area (Å²) in [5.74, 6) is 0.136. The van der Waals surface area contributed by atoms with E-state index in [1.807, 2.05) is 11.0 Å². The predicted molar refractivity (Wildman–Crippen MR) is 83.4 cm³/mol. The van der Waals surface area contributed by atoms with Crippen LogP contribution in [0, 0.1) is 0 Å². The molecule has 114 valence electrons. The van der Waals surface area contributed by atoms with Crippen LogP contribution < -0.4 is 10.2 Å². The number of nitrogens with one attached hydrogen (secondary N) is 1. The molecular weight excluding hydrogens is 264 g/mol. The lowest BCUT2D eigenvalue weighted by atomic mass is 10.0. The Morgan fingerprint density at radius 2 is 2.19 bits per heavy atom. The molecule has 1 N–H and O–H groups in total. The van der Waals surface area contributed by atoms with Crippen molar-refractivity contribution in [3.63, 3.8) is 0 Å². The van der Waals surface area contributed by atoms with Gasteiger partial charge >= 0.3 is 0 Å². The summed E-state index contributed by atoms with van der Waals surface area (Å²) >= 11 is 0. The van der Waals surface area contributed by atoms with Gasteiger partial charge in [0.05, 0.1) is 0 Å². The number of carbonyl (C=O) groups excluding carboxylic acids is 1. The van der Waals surface area contributed by atoms with E-state index in [4.69, 9.17) is 4.74 Å². The highest BCUT2D eigenvalue weighted by Crippen LogP contribution is 2.33. The van der Waals surface area contributed by atoms with Crippen LogP contribution in [0.2, 0.25) is 0 Å². The van der Waals surface area contributed by atoms with E-state index in [9.17, 15) is 4.79 Å². The van der Waals surface area contributed by atoms with Gasteiger partial charge in [-0.1, -0.05) is 25.1 Å². The number of hydrogen-bond acceptors (Lipinski definition) is 3. The van der Waals surface area contributed by atoms with E-state index >= 15 is 0 Å². The Morgan fingerprint density at radius 3 is 2.95 bits per heavy atom. The molecule has 0 aliphatic carbocycles. The lowest BCUT2D eigenvalue weighted by molar-refractivity contribution is -0.127. The van der Waals surface area contributed by atoms with E-state index < -0.39 is 0 Å². The highest BCUT2D eigenvalue weighted by atomic mass is 16.5. The zero-order valence-corrected chi connectivity index (χ0v) is 12.7. The van der Waals surface area contributed by atoms with Crippen molar-refractivity contribution < 1.29 is 9.53 Å². The van der Waals surface area contributed by atoms with Gasteiger partial charge in [-0.15, -0.1) is 0 Å². The molecule has 0 spiro atoms. The molecule has 2 heterocycles. The number of benzene rings is 1. The fraction of sp³-hybridized carbons (Fsp3) is 0.588. The van der Waals surface area contributed by atoms with Crippen LogP contribution >= 0.6 is 0 Å². The van der Waals surface area contributed by atoms with Crippen LogP contribution in [0.1, 0.15) is 44.2 Å². The lowest BCUT2D eigenvalue weighted by Gasteiger charge is -2.26. The smallest absolute Gasteiger partial charge is 0.256 e. The lowest BCUT2D eigenvalue weighted by Crippen LogP contribution is -2.39. The van der Waals surface area contributed by atoms with Gasteiger partial charge in [-0.3, -0.25) is 4.79 Å². The number of hydrogen-bond donors (Lipinski definition) is 1. The second kappa shape index (κ2) is 6.58. The fourth-order valence-corrected chi connectivity index (χ4v) is 3.39. The first-order valence-corrected chi connectivity index (χ1v) is 8.06. The molecule has 2 atom stereocenters. The first-order valence-electron chi connectivity index (χ1n) is 8.06. The van der Waals surface area contributed by atoms with Crippen molar-refractivity contribution in [3.8, 4) is 0 Å². The monoisotopic (exact) mass is 288 g/mol. The Bertz CT molecular complexity index is 497. The molecule has 21 heavy (non-hydrogen) atoms. The molecule has 2 aliphatic heterocycles. The van der Waals surface area contributed by atoms with E-state index in [-0.39, 0.29) is 12.0 Å². The van der Waals surface area contributed by atoms with Gasteiger partial charge in [0.15, 0.2) is 0 Å². The summed E-state index contributed by atoms with van der Waals surface area (Å²) in [6.45, 7) is 4.57. The van der Waals surface area contributed by atoms with Crippen molar-refractivity contribution in [1.82, 2.24) is 5.32 Å². The SMILES string of the molecule is CCNC1CCCN(C(=O)C2CCCO2)c2ccccc21. The van der Waals surface area contributed by atoms with Gasteiger partial charge in [0.2, 0.25) is 0 Å². The quantitative estimate of drug-likeness (QED) is 0.929. The second-order valence-corrected chi connectivity index (χ2v) is 5.80. The van der Waals surface area contributed by atoms with Gasteiger partial charge in [-0.2, -0.15) is 0 Å². The van der Waals surface area contributed by atoms with Crippen LogP contribution in [0.15, 0.2) is 24.3 Å². The Hall–Kier alpha value is -1.39. The Balaban J connectivity index is 1.90. The van der Waals surface area contributed by atoms with Gasteiger partial charge in [-0.05, 0) is 43.9 Å². The molecule has 2 aliphatic rings. The number of rotatable bonds is 3. The maximum Gasteiger partial charge on any atom is 0.256 e. The van der Waals surface area contributed by atoms with E-state index in [0.717, 1.165) is 44.5 Å². The number of fused-ring (bicyclic) bond motifs is 1. The summed E-state index contributed by atoms with van der Waals surface area (Å²) in [5, 5.41) is 3.54. The third kappa shape index (κ3) is 2.97. The van der Waals surface area contributed by atoms with E-state index in [1.54, 1.807) is 0 Å². The predicted octanol–water partition coefficient (Wildman–Crippen LogP) is 2.64. The number of anilines is 1. The normalized spacial score (nSPS) is 25.5. The van der Waals surface area contributed by atoms with E-state index in [2.05, 4.69) is 30.4 Å².